The molecule has 2 saturated heterocycles. The number of carbonyl (C=O) groups excluding carboxylic acids is 4. The van der Waals surface area contributed by atoms with Gasteiger partial charge in [-0.25, -0.2) is 28.3 Å². The lowest BCUT2D eigenvalue weighted by atomic mass is 9.96. The van der Waals surface area contributed by atoms with Gasteiger partial charge in [0.2, 0.25) is 11.8 Å². The van der Waals surface area contributed by atoms with Gasteiger partial charge in [0.05, 0.1) is 43.9 Å². The second-order valence-electron chi connectivity index (χ2n) is 16.4. The number of carbonyl (C=O) groups is 4. The van der Waals surface area contributed by atoms with Gasteiger partial charge in [-0.3, -0.25) is 9.59 Å². The molecule has 320 valence electrons. The van der Waals surface area contributed by atoms with E-state index >= 15 is 8.78 Å². The minimum absolute atomic E-state index is 0.104. The molecule has 0 aliphatic carbocycles. The van der Waals surface area contributed by atoms with Gasteiger partial charge in [-0.1, -0.05) is 39.8 Å². The molecule has 15 nitrogen and oxygen atoms in total. The van der Waals surface area contributed by atoms with Gasteiger partial charge in [-0.2, -0.15) is 0 Å². The number of nitrogens with zero attached hydrogens (tertiary/aromatic N) is 5. The Kier molecular flexibility index (Phi) is 12.4. The Morgan fingerprint density at radius 3 is 1.93 bits per heavy atom. The predicted molar refractivity (Wildman–Crippen MR) is 218 cm³/mol. The lowest BCUT2D eigenvalue weighted by Crippen LogP contribution is -2.51. The van der Waals surface area contributed by atoms with E-state index in [0.29, 0.717) is 61.9 Å². The molecule has 17 heteroatoms. The molecule has 5 heterocycles. The summed E-state index contributed by atoms with van der Waals surface area (Å²) in [5.74, 6) is -0.983. The second-order valence-corrected chi connectivity index (χ2v) is 16.4. The first-order valence-electron chi connectivity index (χ1n) is 20.5. The van der Waals surface area contributed by atoms with Gasteiger partial charge in [-0.05, 0) is 73.3 Å². The van der Waals surface area contributed by atoms with Crippen molar-refractivity contribution in [2.75, 3.05) is 38.8 Å². The number of benzene rings is 2. The van der Waals surface area contributed by atoms with Crippen LogP contribution in [-0.2, 0) is 32.0 Å². The van der Waals surface area contributed by atoms with E-state index in [4.69, 9.17) is 14.5 Å². The Morgan fingerprint density at radius 1 is 0.783 bits per heavy atom. The average molecular weight is 830 g/mol. The van der Waals surface area contributed by atoms with Gasteiger partial charge in [0, 0.05) is 43.5 Å². The standard InChI is InChI=1S/C43H53F2N9O6/c1-23(2)35(50-42(57)59-5)40(55)53-14-7-9-33(53)38-46-20-31(48-38)26-11-12-27-22-52(16-13-25(27)17-26)37-29(44)18-28(19-30(37)45)32-21-47-39(49-32)34-10-8-15-54(34)41(56)36(24(3)4)51-43(58)60-6/h11-12,17-21,23-24,33-36H,7-10,13-16,22H2,1-6H3,(H,46,48)(H,47,49)(H,50,57)(H,51,58)/t33-,34-,35-,36-/m0/s1. The normalized spacial score (nSPS) is 18.7. The maximum atomic E-state index is 15.9. The van der Waals surface area contributed by atoms with E-state index in [-0.39, 0.29) is 41.4 Å². The molecule has 60 heavy (non-hydrogen) atoms. The van der Waals surface area contributed by atoms with Gasteiger partial charge in [0.25, 0.3) is 0 Å². The Labute approximate surface area is 347 Å². The number of hydrogen-bond acceptors (Lipinski definition) is 9. The highest BCUT2D eigenvalue weighted by Gasteiger charge is 2.39. The lowest BCUT2D eigenvalue weighted by molar-refractivity contribution is -0.136. The van der Waals surface area contributed by atoms with Crippen molar-refractivity contribution in [2.24, 2.45) is 11.8 Å². The molecule has 0 radical (unpaired) electrons. The molecule has 4 aromatic rings. The smallest absolute Gasteiger partial charge is 0.407 e. The first-order chi connectivity index (χ1) is 28.8. The van der Waals surface area contributed by atoms with Gasteiger partial charge < -0.3 is 44.8 Å². The summed E-state index contributed by atoms with van der Waals surface area (Å²) < 4.78 is 41.3. The van der Waals surface area contributed by atoms with Crippen LogP contribution in [0.1, 0.15) is 88.2 Å². The monoisotopic (exact) mass is 829 g/mol. The van der Waals surface area contributed by atoms with Gasteiger partial charge in [0.15, 0.2) is 0 Å². The number of nitrogens with one attached hydrogen (secondary N) is 4. The van der Waals surface area contributed by atoms with Crippen molar-refractivity contribution in [1.29, 1.82) is 0 Å². The summed E-state index contributed by atoms with van der Waals surface area (Å²) in [4.78, 5) is 72.1. The molecule has 7 rings (SSSR count). The van der Waals surface area contributed by atoms with Gasteiger partial charge >= 0.3 is 12.2 Å². The molecule has 3 aliphatic rings. The Morgan fingerprint density at radius 2 is 1.37 bits per heavy atom. The summed E-state index contributed by atoms with van der Waals surface area (Å²) in [5, 5.41) is 5.31. The summed E-state index contributed by atoms with van der Waals surface area (Å²) in [5.41, 5.74) is 4.22. The van der Waals surface area contributed by atoms with E-state index in [2.05, 4.69) is 31.7 Å². The first kappa shape index (κ1) is 42.1. The van der Waals surface area contributed by atoms with E-state index in [0.717, 1.165) is 41.6 Å². The van der Waals surface area contributed by atoms with Crippen LogP contribution in [0.4, 0.5) is 24.1 Å². The third-order valence-corrected chi connectivity index (χ3v) is 11.8. The number of halogens is 2. The molecule has 2 fully saturated rings. The number of H-pyrrole nitrogens is 2. The molecule has 2 aromatic heterocycles. The van der Waals surface area contributed by atoms with Crippen molar-refractivity contribution in [3.8, 4) is 22.5 Å². The van der Waals surface area contributed by atoms with E-state index in [9.17, 15) is 19.2 Å². The van der Waals surface area contributed by atoms with Crippen LogP contribution in [-0.4, -0.2) is 99.7 Å². The number of rotatable bonds is 11. The topological polar surface area (TPSA) is 178 Å². The van der Waals surface area contributed by atoms with E-state index in [1.807, 2.05) is 46.0 Å². The first-order valence-corrected chi connectivity index (χ1v) is 20.5. The van der Waals surface area contributed by atoms with Crippen LogP contribution in [0.5, 0.6) is 0 Å². The van der Waals surface area contributed by atoms with Crippen LogP contribution < -0.4 is 15.5 Å². The van der Waals surface area contributed by atoms with Crippen LogP contribution in [0.25, 0.3) is 22.5 Å². The fourth-order valence-corrected chi connectivity index (χ4v) is 8.62. The zero-order valence-corrected chi connectivity index (χ0v) is 34.8. The Balaban J connectivity index is 1.02. The summed E-state index contributed by atoms with van der Waals surface area (Å²) in [6.45, 7) is 9.17. The number of likely N-dealkylation sites (tertiary alicyclic amines) is 2. The molecule has 0 unspecified atom stereocenters. The van der Waals surface area contributed by atoms with E-state index in [1.54, 1.807) is 14.7 Å². The number of aromatic nitrogens is 4. The lowest BCUT2D eigenvalue weighted by Gasteiger charge is -2.31. The molecule has 0 spiro atoms. The van der Waals surface area contributed by atoms with E-state index < -0.39 is 35.9 Å². The van der Waals surface area contributed by atoms with Crippen molar-refractivity contribution < 1.29 is 37.4 Å². The van der Waals surface area contributed by atoms with Crippen LogP contribution in [0.2, 0.25) is 0 Å². The molecule has 4 amide bonds. The van der Waals surface area contributed by atoms with Crippen LogP contribution in [0, 0.1) is 23.5 Å². The third kappa shape index (κ3) is 8.52. The fraction of sp³-hybridized carbons (Fsp3) is 0.488. The quantitative estimate of drug-likeness (QED) is 0.133. The van der Waals surface area contributed by atoms with Gasteiger partial charge in [-0.15, -0.1) is 0 Å². The number of fused-ring (bicyclic) bond motifs is 1. The summed E-state index contributed by atoms with van der Waals surface area (Å²) >= 11 is 0. The number of ether oxygens (including phenoxy) is 2. The maximum absolute atomic E-state index is 15.9. The van der Waals surface area contributed by atoms with Crippen molar-refractivity contribution in [1.82, 2.24) is 40.4 Å². The average Bonchev–Trinajstić information content (AvgIpc) is 4.07. The minimum Gasteiger partial charge on any atom is -0.453 e. The van der Waals surface area contributed by atoms with E-state index in [1.165, 1.54) is 32.5 Å². The number of anilines is 1. The molecular weight excluding hydrogens is 777 g/mol. The van der Waals surface area contributed by atoms with Crippen molar-refractivity contribution >= 4 is 29.7 Å². The number of imidazole rings is 2. The zero-order chi connectivity index (χ0) is 42.8. The third-order valence-electron chi connectivity index (χ3n) is 11.8. The van der Waals surface area contributed by atoms with Crippen LogP contribution in [0.3, 0.4) is 0 Å². The maximum Gasteiger partial charge on any atom is 0.407 e. The van der Waals surface area contributed by atoms with Gasteiger partial charge in [0.1, 0.15) is 41.1 Å². The number of hydrogen-bond donors (Lipinski definition) is 4. The fourth-order valence-electron chi connectivity index (χ4n) is 8.62. The largest absolute Gasteiger partial charge is 0.453 e. The highest BCUT2D eigenvalue weighted by atomic mass is 19.1. The van der Waals surface area contributed by atoms with Crippen molar-refractivity contribution in [2.45, 2.75) is 90.5 Å². The number of amides is 4. The molecule has 4 atom stereocenters. The Bertz CT molecular complexity index is 2220. The number of methoxy groups -OCH3 is 2. The zero-order valence-electron chi connectivity index (χ0n) is 34.8. The molecule has 0 bridgehead atoms. The molecule has 0 saturated carbocycles. The number of alkyl carbamates (subject to hydrolysis) is 2. The molecule has 2 aromatic carbocycles. The molecule has 4 N–H and O–H groups in total. The van der Waals surface area contributed by atoms with Crippen LogP contribution >= 0.6 is 0 Å². The van der Waals surface area contributed by atoms with Crippen LogP contribution in [0.15, 0.2) is 42.7 Å². The Hall–Kier alpha value is -6.00. The highest BCUT2D eigenvalue weighted by Crippen LogP contribution is 2.37. The predicted octanol–water partition coefficient (Wildman–Crippen LogP) is 6.40. The minimum atomic E-state index is -0.784. The molecular formula is C43H53F2N9O6. The SMILES string of the molecule is COC(=O)N[C@H](C(=O)N1CCC[C@H]1c1nc(-c2ccc3c(c2)CCN(c2c(F)cc(-c4cnc([C@@H]5CCCN5C(=O)[C@@H](NC(=O)OC)C(C)C)[nH]4)cc2F)C3)c[nH]1)C(C)C. The second kappa shape index (κ2) is 17.7. The van der Waals surface area contributed by atoms with Crippen molar-refractivity contribution in [3.63, 3.8) is 0 Å². The summed E-state index contributed by atoms with van der Waals surface area (Å²) in [6, 6.07) is 6.40. The van der Waals surface area contributed by atoms with Crippen molar-refractivity contribution in [3.05, 3.63) is 77.1 Å². The summed E-state index contributed by atoms with van der Waals surface area (Å²) in [6.07, 6.45) is 5.48. The highest BCUT2D eigenvalue weighted by molar-refractivity contribution is 5.87. The summed E-state index contributed by atoms with van der Waals surface area (Å²) in [7, 11) is 2.51. The molecule has 3 aliphatic heterocycles. The number of aromatic amines is 2.